The van der Waals surface area contributed by atoms with Gasteiger partial charge in [-0.05, 0) is 13.0 Å². The van der Waals surface area contributed by atoms with E-state index in [1.54, 1.807) is 0 Å². The van der Waals surface area contributed by atoms with Gasteiger partial charge in [0.25, 0.3) is 5.69 Å². The molecule has 0 amide bonds. The van der Waals surface area contributed by atoms with Crippen molar-refractivity contribution in [2.45, 2.75) is 13.1 Å². The molecule has 0 bridgehead atoms. The number of rotatable bonds is 5. The first kappa shape index (κ1) is 15.7. The Hall–Kier alpha value is -2.32. The summed E-state index contributed by atoms with van der Waals surface area (Å²) in [5, 5.41) is 19.1. The number of aliphatic carboxylic acids is 1. The third-order valence-electron chi connectivity index (χ3n) is 2.55. The molecular formula is C11H10F3NO5. The van der Waals surface area contributed by atoms with Crippen molar-refractivity contribution in [2.24, 2.45) is 5.92 Å². The molecule has 20 heavy (non-hydrogen) atoms. The minimum Gasteiger partial charge on any atom is -0.492 e. The fourth-order valence-corrected chi connectivity index (χ4v) is 1.44. The molecule has 0 saturated carbocycles. The lowest BCUT2D eigenvalue weighted by atomic mass is 10.1. The summed E-state index contributed by atoms with van der Waals surface area (Å²) in [7, 11) is 0. The Labute approximate surface area is 110 Å². The Morgan fingerprint density at radius 1 is 1.50 bits per heavy atom. The summed E-state index contributed by atoms with van der Waals surface area (Å²) < 4.78 is 42.0. The van der Waals surface area contributed by atoms with Crippen LogP contribution in [0.3, 0.4) is 0 Å². The van der Waals surface area contributed by atoms with E-state index >= 15 is 0 Å². The summed E-state index contributed by atoms with van der Waals surface area (Å²) in [5.74, 6) is -4.92. The van der Waals surface area contributed by atoms with Gasteiger partial charge in [0.05, 0.1) is 10.5 Å². The number of hydrogen-bond acceptors (Lipinski definition) is 4. The first-order valence-corrected chi connectivity index (χ1v) is 5.31. The molecule has 0 saturated heterocycles. The van der Waals surface area contributed by atoms with Crippen LogP contribution in [0.2, 0.25) is 0 Å². The number of carbonyl (C=O) groups is 1. The van der Waals surface area contributed by atoms with E-state index in [-0.39, 0.29) is 17.0 Å². The van der Waals surface area contributed by atoms with Crippen LogP contribution in [0.5, 0.6) is 5.75 Å². The van der Waals surface area contributed by atoms with Crippen LogP contribution >= 0.6 is 0 Å². The normalized spacial score (nSPS) is 12.8. The number of hydrogen-bond donors (Lipinski definition) is 1. The van der Waals surface area contributed by atoms with Gasteiger partial charge in [-0.15, -0.1) is 0 Å². The quantitative estimate of drug-likeness (QED) is 0.665. The zero-order chi connectivity index (χ0) is 15.5. The summed E-state index contributed by atoms with van der Waals surface area (Å²) >= 11 is 0. The van der Waals surface area contributed by atoms with Crippen LogP contribution < -0.4 is 4.74 Å². The summed E-state index contributed by atoms with van der Waals surface area (Å²) in [6, 6.07) is 3.64. The molecular weight excluding hydrogens is 283 g/mol. The molecule has 0 aliphatic heterocycles. The number of benzene rings is 1. The smallest absolute Gasteiger partial charge is 0.405 e. The second kappa shape index (κ2) is 5.76. The molecule has 0 aliphatic carbocycles. The maximum atomic E-state index is 12.4. The van der Waals surface area contributed by atoms with Gasteiger partial charge >= 0.3 is 12.1 Å². The zero-order valence-electron chi connectivity index (χ0n) is 10.2. The Kier molecular flexibility index (Phi) is 4.53. The van der Waals surface area contributed by atoms with Gasteiger partial charge in [-0.1, -0.05) is 6.07 Å². The summed E-state index contributed by atoms with van der Waals surface area (Å²) in [5.41, 5.74) is -0.287. The summed E-state index contributed by atoms with van der Waals surface area (Å²) in [6.07, 6.45) is -4.96. The first-order valence-electron chi connectivity index (χ1n) is 5.31. The zero-order valence-corrected chi connectivity index (χ0v) is 10.2. The number of carboxylic acid groups (broad SMARTS) is 1. The molecule has 6 nitrogen and oxygen atoms in total. The molecule has 0 radical (unpaired) electrons. The van der Waals surface area contributed by atoms with Gasteiger partial charge < -0.3 is 9.84 Å². The molecule has 1 atom stereocenters. The van der Waals surface area contributed by atoms with Gasteiger partial charge in [0, 0.05) is 6.07 Å². The van der Waals surface area contributed by atoms with Crippen molar-refractivity contribution in [3.05, 3.63) is 33.9 Å². The number of nitrogens with zero attached hydrogens (tertiary/aromatic N) is 1. The van der Waals surface area contributed by atoms with E-state index in [1.807, 2.05) is 0 Å². The minimum atomic E-state index is -4.96. The van der Waals surface area contributed by atoms with Crippen molar-refractivity contribution >= 4 is 11.7 Å². The van der Waals surface area contributed by atoms with E-state index < -0.39 is 29.6 Å². The SMILES string of the molecule is Cc1c(OCC(C(=O)O)C(F)(F)F)cccc1[N+](=O)[O-]. The van der Waals surface area contributed by atoms with E-state index in [4.69, 9.17) is 9.84 Å². The van der Waals surface area contributed by atoms with Gasteiger partial charge in [-0.3, -0.25) is 14.9 Å². The van der Waals surface area contributed by atoms with E-state index in [0.717, 1.165) is 0 Å². The van der Waals surface area contributed by atoms with Gasteiger partial charge in [0.2, 0.25) is 0 Å². The standard InChI is InChI=1S/C11H10F3NO5/c1-6-8(15(18)19)3-2-4-9(6)20-5-7(10(16)17)11(12,13)14/h2-4,7H,5H2,1H3,(H,16,17). The molecule has 0 aliphatic rings. The molecule has 0 aromatic heterocycles. The third-order valence-corrected chi connectivity index (χ3v) is 2.55. The molecule has 110 valence electrons. The second-order valence-electron chi connectivity index (χ2n) is 3.90. The highest BCUT2D eigenvalue weighted by Gasteiger charge is 2.45. The van der Waals surface area contributed by atoms with Gasteiger partial charge in [0.15, 0.2) is 5.92 Å². The van der Waals surface area contributed by atoms with Crippen molar-refractivity contribution in [3.63, 3.8) is 0 Å². The maximum Gasteiger partial charge on any atom is 0.405 e. The molecule has 1 aromatic rings. The minimum absolute atomic E-state index is 0.0313. The van der Waals surface area contributed by atoms with Crippen molar-refractivity contribution in [3.8, 4) is 5.75 Å². The number of nitro benzene ring substituents is 1. The van der Waals surface area contributed by atoms with Crippen LogP contribution in [0.4, 0.5) is 18.9 Å². The van der Waals surface area contributed by atoms with Crippen LogP contribution in [-0.2, 0) is 4.79 Å². The Balaban J connectivity index is 2.92. The highest BCUT2D eigenvalue weighted by atomic mass is 19.4. The highest BCUT2D eigenvalue weighted by molar-refractivity contribution is 5.71. The van der Waals surface area contributed by atoms with Crippen LogP contribution in [0.15, 0.2) is 18.2 Å². The molecule has 1 rings (SSSR count). The van der Waals surface area contributed by atoms with Gasteiger partial charge in [0.1, 0.15) is 12.4 Å². The predicted molar refractivity (Wildman–Crippen MR) is 60.5 cm³/mol. The van der Waals surface area contributed by atoms with E-state index in [9.17, 15) is 28.1 Å². The first-order chi connectivity index (χ1) is 9.14. The third kappa shape index (κ3) is 3.59. The van der Waals surface area contributed by atoms with Crippen molar-refractivity contribution in [1.29, 1.82) is 0 Å². The molecule has 9 heteroatoms. The number of ether oxygens (including phenoxy) is 1. The highest BCUT2D eigenvalue weighted by Crippen LogP contribution is 2.30. The van der Waals surface area contributed by atoms with Crippen LogP contribution in [0.25, 0.3) is 0 Å². The number of alkyl halides is 3. The molecule has 0 spiro atoms. The number of carboxylic acids is 1. The fraction of sp³-hybridized carbons (Fsp3) is 0.364. The van der Waals surface area contributed by atoms with Gasteiger partial charge in [-0.2, -0.15) is 13.2 Å². The summed E-state index contributed by atoms with van der Waals surface area (Å²) in [4.78, 5) is 20.5. The van der Waals surface area contributed by atoms with Crippen LogP contribution in [-0.4, -0.2) is 28.8 Å². The van der Waals surface area contributed by atoms with E-state index in [2.05, 4.69) is 0 Å². The molecule has 0 fully saturated rings. The van der Waals surface area contributed by atoms with Crippen molar-refractivity contribution in [2.75, 3.05) is 6.61 Å². The van der Waals surface area contributed by atoms with Crippen LogP contribution in [0, 0.1) is 23.0 Å². The van der Waals surface area contributed by atoms with E-state index in [1.165, 1.54) is 25.1 Å². The molecule has 1 N–H and O–H groups in total. The Morgan fingerprint density at radius 2 is 2.10 bits per heavy atom. The maximum absolute atomic E-state index is 12.4. The average molecular weight is 293 g/mol. The fourth-order valence-electron chi connectivity index (χ4n) is 1.44. The molecule has 1 aromatic carbocycles. The predicted octanol–water partition coefficient (Wildman–Crippen LogP) is 2.55. The summed E-state index contributed by atoms with van der Waals surface area (Å²) in [6.45, 7) is 0.150. The second-order valence-corrected chi connectivity index (χ2v) is 3.90. The van der Waals surface area contributed by atoms with Gasteiger partial charge in [-0.25, -0.2) is 0 Å². The van der Waals surface area contributed by atoms with Crippen molar-refractivity contribution in [1.82, 2.24) is 0 Å². The number of halogens is 3. The van der Waals surface area contributed by atoms with Crippen molar-refractivity contribution < 1.29 is 32.7 Å². The topological polar surface area (TPSA) is 89.7 Å². The molecule has 1 unspecified atom stereocenters. The Morgan fingerprint density at radius 3 is 2.55 bits per heavy atom. The average Bonchev–Trinajstić information content (AvgIpc) is 2.28. The lowest BCUT2D eigenvalue weighted by Gasteiger charge is -2.17. The monoisotopic (exact) mass is 293 g/mol. The number of nitro groups is 1. The van der Waals surface area contributed by atoms with E-state index in [0.29, 0.717) is 0 Å². The largest absolute Gasteiger partial charge is 0.492 e. The molecule has 0 heterocycles. The lowest BCUT2D eigenvalue weighted by molar-refractivity contribution is -0.385. The Bertz CT molecular complexity index is 529. The van der Waals surface area contributed by atoms with Crippen LogP contribution in [0.1, 0.15) is 5.56 Å². The lowest BCUT2D eigenvalue weighted by Crippen LogP contribution is -2.35.